The Bertz CT molecular complexity index is 386. The van der Waals surface area contributed by atoms with E-state index < -0.39 is 0 Å². The van der Waals surface area contributed by atoms with Crippen molar-refractivity contribution in [3.63, 3.8) is 0 Å². The van der Waals surface area contributed by atoms with E-state index in [2.05, 4.69) is 16.4 Å². The van der Waals surface area contributed by atoms with Crippen LogP contribution in [0.3, 0.4) is 0 Å². The standard InChI is InChI=1S/C11H15ClN4/c1-14-11-5-4-9(12)10(15-11)8-16(2)7-3-6-13/h4-5H,3,7-8H2,1-2H3,(H,14,15). The number of halogens is 1. The van der Waals surface area contributed by atoms with Crippen molar-refractivity contribution < 1.29 is 0 Å². The summed E-state index contributed by atoms with van der Waals surface area (Å²) in [5, 5.41) is 12.1. The predicted molar refractivity (Wildman–Crippen MR) is 65.4 cm³/mol. The van der Waals surface area contributed by atoms with Gasteiger partial charge < -0.3 is 5.32 Å². The Kier molecular flexibility index (Phi) is 5.03. The first-order chi connectivity index (χ1) is 7.67. The van der Waals surface area contributed by atoms with Gasteiger partial charge in [-0.15, -0.1) is 0 Å². The maximum Gasteiger partial charge on any atom is 0.126 e. The summed E-state index contributed by atoms with van der Waals surface area (Å²) in [5.41, 5.74) is 0.828. The summed E-state index contributed by atoms with van der Waals surface area (Å²) in [7, 11) is 3.76. The second-order valence-electron chi connectivity index (χ2n) is 3.52. The minimum absolute atomic E-state index is 0.514. The Hall–Kier alpha value is -1.31. The molecule has 4 nitrogen and oxygen atoms in total. The Morgan fingerprint density at radius 3 is 2.94 bits per heavy atom. The molecular formula is C11H15ClN4. The molecule has 0 saturated carbocycles. The van der Waals surface area contributed by atoms with Crippen LogP contribution >= 0.6 is 11.6 Å². The Balaban J connectivity index is 2.68. The predicted octanol–water partition coefficient (Wildman–Crippen LogP) is 2.12. The second kappa shape index (κ2) is 6.31. The highest BCUT2D eigenvalue weighted by molar-refractivity contribution is 6.31. The zero-order chi connectivity index (χ0) is 12.0. The molecule has 0 fully saturated rings. The molecule has 0 unspecified atom stereocenters. The van der Waals surface area contributed by atoms with Crippen LogP contribution in [0, 0.1) is 11.3 Å². The van der Waals surface area contributed by atoms with E-state index in [0.29, 0.717) is 18.0 Å². The SMILES string of the molecule is CNc1ccc(Cl)c(CN(C)CCC#N)n1. The highest BCUT2D eigenvalue weighted by Gasteiger charge is 2.06. The first kappa shape index (κ1) is 12.8. The van der Waals surface area contributed by atoms with Gasteiger partial charge in [0.1, 0.15) is 5.82 Å². The molecule has 5 heteroatoms. The number of nitrogens with one attached hydrogen (secondary N) is 1. The third-order valence-electron chi connectivity index (χ3n) is 2.20. The molecule has 1 aromatic rings. The van der Waals surface area contributed by atoms with Gasteiger partial charge in [0.25, 0.3) is 0 Å². The van der Waals surface area contributed by atoms with Crippen LogP contribution in [0.4, 0.5) is 5.82 Å². The van der Waals surface area contributed by atoms with Crippen molar-refractivity contribution in [2.45, 2.75) is 13.0 Å². The number of hydrogen-bond acceptors (Lipinski definition) is 4. The molecule has 0 aromatic carbocycles. The molecule has 0 aliphatic rings. The highest BCUT2D eigenvalue weighted by atomic mass is 35.5. The van der Waals surface area contributed by atoms with Crippen LogP contribution in [-0.2, 0) is 6.54 Å². The number of nitriles is 1. The fourth-order valence-electron chi connectivity index (χ4n) is 1.31. The normalized spacial score (nSPS) is 10.2. The fourth-order valence-corrected chi connectivity index (χ4v) is 1.48. The largest absolute Gasteiger partial charge is 0.373 e. The minimum atomic E-state index is 0.514. The molecule has 0 spiro atoms. The lowest BCUT2D eigenvalue weighted by Crippen LogP contribution is -2.19. The topological polar surface area (TPSA) is 52.0 Å². The molecule has 16 heavy (non-hydrogen) atoms. The van der Waals surface area contributed by atoms with Gasteiger partial charge in [0, 0.05) is 26.6 Å². The zero-order valence-corrected chi connectivity index (χ0v) is 10.3. The molecule has 0 atom stereocenters. The fraction of sp³-hybridized carbons (Fsp3) is 0.455. The summed E-state index contributed by atoms with van der Waals surface area (Å²) < 4.78 is 0. The van der Waals surface area contributed by atoms with Gasteiger partial charge in [-0.05, 0) is 19.2 Å². The lowest BCUT2D eigenvalue weighted by molar-refractivity contribution is 0.331. The molecule has 0 radical (unpaired) electrons. The smallest absolute Gasteiger partial charge is 0.126 e. The van der Waals surface area contributed by atoms with E-state index in [-0.39, 0.29) is 0 Å². The van der Waals surface area contributed by atoms with Crippen molar-refractivity contribution in [2.24, 2.45) is 0 Å². The van der Waals surface area contributed by atoms with E-state index >= 15 is 0 Å². The summed E-state index contributed by atoms with van der Waals surface area (Å²) in [6.45, 7) is 1.37. The second-order valence-corrected chi connectivity index (χ2v) is 3.93. The van der Waals surface area contributed by atoms with Gasteiger partial charge in [0.05, 0.1) is 16.8 Å². The Labute approximate surface area is 101 Å². The van der Waals surface area contributed by atoms with E-state index in [1.165, 1.54) is 0 Å². The molecule has 1 heterocycles. The number of nitrogens with zero attached hydrogens (tertiary/aromatic N) is 3. The maximum absolute atomic E-state index is 8.49. The first-order valence-corrected chi connectivity index (χ1v) is 5.44. The van der Waals surface area contributed by atoms with Crippen LogP contribution in [0.15, 0.2) is 12.1 Å². The van der Waals surface area contributed by atoms with E-state index in [9.17, 15) is 0 Å². The number of hydrogen-bond donors (Lipinski definition) is 1. The number of pyridine rings is 1. The molecule has 1 aromatic heterocycles. The van der Waals surface area contributed by atoms with Gasteiger partial charge in [0.2, 0.25) is 0 Å². The monoisotopic (exact) mass is 238 g/mol. The van der Waals surface area contributed by atoms with Crippen LogP contribution < -0.4 is 5.32 Å². The van der Waals surface area contributed by atoms with E-state index in [4.69, 9.17) is 16.9 Å². The van der Waals surface area contributed by atoms with Crippen molar-refractivity contribution in [3.8, 4) is 6.07 Å². The van der Waals surface area contributed by atoms with E-state index in [0.717, 1.165) is 18.1 Å². The molecule has 0 bridgehead atoms. The van der Waals surface area contributed by atoms with Crippen LogP contribution in [0.5, 0.6) is 0 Å². The van der Waals surface area contributed by atoms with E-state index in [1.807, 2.05) is 31.1 Å². The highest BCUT2D eigenvalue weighted by Crippen LogP contribution is 2.17. The van der Waals surface area contributed by atoms with Crippen LogP contribution in [0.25, 0.3) is 0 Å². The molecule has 0 aliphatic heterocycles. The minimum Gasteiger partial charge on any atom is -0.373 e. The molecule has 0 aliphatic carbocycles. The van der Waals surface area contributed by atoms with E-state index in [1.54, 1.807) is 0 Å². The summed E-state index contributed by atoms with van der Waals surface area (Å²) in [4.78, 5) is 6.40. The maximum atomic E-state index is 8.49. The van der Waals surface area contributed by atoms with Crippen molar-refractivity contribution >= 4 is 17.4 Å². The lowest BCUT2D eigenvalue weighted by Gasteiger charge is -2.15. The van der Waals surface area contributed by atoms with Crippen molar-refractivity contribution in [2.75, 3.05) is 26.0 Å². The number of anilines is 1. The summed E-state index contributed by atoms with van der Waals surface area (Å²) in [6, 6.07) is 5.78. The summed E-state index contributed by atoms with van der Waals surface area (Å²) in [5.74, 6) is 0.799. The van der Waals surface area contributed by atoms with Crippen LogP contribution in [0.2, 0.25) is 5.02 Å². The quantitative estimate of drug-likeness (QED) is 0.854. The third-order valence-corrected chi connectivity index (χ3v) is 2.54. The molecule has 1 rings (SSSR count). The summed E-state index contributed by atoms with van der Waals surface area (Å²) >= 11 is 6.05. The zero-order valence-electron chi connectivity index (χ0n) is 9.50. The molecular weight excluding hydrogens is 224 g/mol. The number of aromatic nitrogens is 1. The van der Waals surface area contributed by atoms with Gasteiger partial charge in [-0.1, -0.05) is 11.6 Å². The summed E-state index contributed by atoms with van der Waals surface area (Å²) in [6.07, 6.45) is 0.514. The number of rotatable bonds is 5. The molecule has 1 N–H and O–H groups in total. The molecule has 0 saturated heterocycles. The van der Waals surface area contributed by atoms with Crippen molar-refractivity contribution in [1.29, 1.82) is 5.26 Å². The van der Waals surface area contributed by atoms with Gasteiger partial charge in [0.15, 0.2) is 0 Å². The van der Waals surface area contributed by atoms with Crippen molar-refractivity contribution in [1.82, 2.24) is 9.88 Å². The lowest BCUT2D eigenvalue weighted by atomic mass is 10.3. The Morgan fingerprint density at radius 2 is 2.31 bits per heavy atom. The van der Waals surface area contributed by atoms with Gasteiger partial charge in [-0.2, -0.15) is 5.26 Å². The Morgan fingerprint density at radius 1 is 1.56 bits per heavy atom. The molecule has 0 amide bonds. The third kappa shape index (κ3) is 3.69. The van der Waals surface area contributed by atoms with Gasteiger partial charge in [-0.3, -0.25) is 4.90 Å². The first-order valence-electron chi connectivity index (χ1n) is 5.06. The average molecular weight is 239 g/mol. The average Bonchev–Trinajstić information content (AvgIpc) is 2.29. The van der Waals surface area contributed by atoms with Gasteiger partial charge >= 0.3 is 0 Å². The van der Waals surface area contributed by atoms with Crippen molar-refractivity contribution in [3.05, 3.63) is 22.8 Å². The molecule has 86 valence electrons. The van der Waals surface area contributed by atoms with Crippen LogP contribution in [-0.4, -0.2) is 30.5 Å². The van der Waals surface area contributed by atoms with Gasteiger partial charge in [-0.25, -0.2) is 4.98 Å². The van der Waals surface area contributed by atoms with Crippen LogP contribution in [0.1, 0.15) is 12.1 Å².